The van der Waals surface area contributed by atoms with Gasteiger partial charge in [-0.25, -0.2) is 4.39 Å². The first-order chi connectivity index (χ1) is 10.1. The van der Waals surface area contributed by atoms with Gasteiger partial charge in [0, 0.05) is 25.2 Å². The number of rotatable bonds is 6. The quantitative estimate of drug-likeness (QED) is 0.792. The normalized spacial score (nSPS) is 16.9. The van der Waals surface area contributed by atoms with Crippen molar-refractivity contribution in [3.8, 4) is 5.75 Å². The lowest BCUT2D eigenvalue weighted by Crippen LogP contribution is -2.36. The van der Waals surface area contributed by atoms with Gasteiger partial charge in [-0.05, 0) is 38.8 Å². The summed E-state index contributed by atoms with van der Waals surface area (Å²) in [5.74, 6) is 0.682. The second-order valence-corrected chi connectivity index (χ2v) is 5.75. The smallest absolute Gasteiger partial charge is 0.167 e. The average molecular weight is 295 g/mol. The number of likely N-dealkylation sites (tertiary alicyclic amines) is 1. The summed E-state index contributed by atoms with van der Waals surface area (Å²) in [7, 11) is 0. The standard InChI is InChI=1S/C16H26FN3O/c1-3-21-16-11-15(14(18)10-13(16)17)19-6-9-20-7-4-12(2)5-8-20/h10-12,19H,3-9,18H2,1-2H3. The zero-order valence-electron chi connectivity index (χ0n) is 13.0. The van der Waals surface area contributed by atoms with Gasteiger partial charge in [0.1, 0.15) is 0 Å². The molecule has 0 spiro atoms. The van der Waals surface area contributed by atoms with E-state index in [1.807, 2.05) is 6.92 Å². The van der Waals surface area contributed by atoms with Crippen molar-refractivity contribution in [2.75, 3.05) is 43.8 Å². The van der Waals surface area contributed by atoms with Crippen LogP contribution in [0.3, 0.4) is 0 Å². The topological polar surface area (TPSA) is 50.5 Å². The maximum Gasteiger partial charge on any atom is 0.167 e. The Balaban J connectivity index is 1.86. The van der Waals surface area contributed by atoms with Gasteiger partial charge < -0.3 is 20.7 Å². The van der Waals surface area contributed by atoms with E-state index in [9.17, 15) is 4.39 Å². The molecule has 3 N–H and O–H groups in total. The van der Waals surface area contributed by atoms with Crippen molar-refractivity contribution < 1.29 is 9.13 Å². The molecular weight excluding hydrogens is 269 g/mol. The second-order valence-electron chi connectivity index (χ2n) is 5.75. The molecule has 1 fully saturated rings. The van der Waals surface area contributed by atoms with E-state index in [4.69, 9.17) is 10.5 Å². The molecule has 0 saturated carbocycles. The summed E-state index contributed by atoms with van der Waals surface area (Å²) in [5.41, 5.74) is 7.01. The minimum Gasteiger partial charge on any atom is -0.491 e. The molecule has 5 heteroatoms. The monoisotopic (exact) mass is 295 g/mol. The Morgan fingerprint density at radius 2 is 2.10 bits per heavy atom. The highest BCUT2D eigenvalue weighted by Gasteiger charge is 2.15. The Morgan fingerprint density at radius 3 is 2.76 bits per heavy atom. The number of nitrogen functional groups attached to an aromatic ring is 1. The first-order valence-electron chi connectivity index (χ1n) is 7.78. The highest BCUT2D eigenvalue weighted by Crippen LogP contribution is 2.28. The van der Waals surface area contributed by atoms with Crippen LogP contribution in [0.5, 0.6) is 5.75 Å². The fourth-order valence-corrected chi connectivity index (χ4v) is 2.62. The number of nitrogens with one attached hydrogen (secondary N) is 1. The highest BCUT2D eigenvalue weighted by molar-refractivity contribution is 5.68. The van der Waals surface area contributed by atoms with Crippen LogP contribution in [0.2, 0.25) is 0 Å². The van der Waals surface area contributed by atoms with E-state index >= 15 is 0 Å². The fourth-order valence-electron chi connectivity index (χ4n) is 2.62. The zero-order chi connectivity index (χ0) is 15.2. The molecule has 0 radical (unpaired) electrons. The number of anilines is 2. The van der Waals surface area contributed by atoms with Gasteiger partial charge >= 0.3 is 0 Å². The summed E-state index contributed by atoms with van der Waals surface area (Å²) in [6.45, 7) is 8.68. The third kappa shape index (κ3) is 4.49. The van der Waals surface area contributed by atoms with Gasteiger partial charge in [0.05, 0.1) is 18.0 Å². The van der Waals surface area contributed by atoms with E-state index in [1.54, 1.807) is 6.07 Å². The Labute approximate surface area is 126 Å². The first kappa shape index (κ1) is 15.9. The fraction of sp³-hybridized carbons (Fsp3) is 0.625. The molecule has 1 aromatic carbocycles. The molecule has 1 aliphatic heterocycles. The van der Waals surface area contributed by atoms with Crippen molar-refractivity contribution in [3.05, 3.63) is 17.9 Å². The number of benzene rings is 1. The van der Waals surface area contributed by atoms with Gasteiger partial charge in [-0.2, -0.15) is 0 Å². The zero-order valence-corrected chi connectivity index (χ0v) is 13.0. The number of halogens is 1. The summed E-state index contributed by atoms with van der Waals surface area (Å²) in [6, 6.07) is 2.96. The van der Waals surface area contributed by atoms with Crippen LogP contribution in [0.15, 0.2) is 12.1 Å². The van der Waals surface area contributed by atoms with Gasteiger partial charge in [0.15, 0.2) is 11.6 Å². The van der Waals surface area contributed by atoms with E-state index in [-0.39, 0.29) is 5.75 Å². The lowest BCUT2D eigenvalue weighted by Gasteiger charge is -2.30. The Bertz CT molecular complexity index is 459. The molecule has 0 unspecified atom stereocenters. The van der Waals surface area contributed by atoms with Crippen LogP contribution in [0, 0.1) is 11.7 Å². The van der Waals surface area contributed by atoms with E-state index in [0.717, 1.165) is 37.8 Å². The molecule has 1 saturated heterocycles. The van der Waals surface area contributed by atoms with E-state index in [0.29, 0.717) is 12.3 Å². The molecule has 21 heavy (non-hydrogen) atoms. The van der Waals surface area contributed by atoms with Crippen LogP contribution < -0.4 is 15.8 Å². The van der Waals surface area contributed by atoms with E-state index < -0.39 is 5.82 Å². The minimum atomic E-state index is -0.412. The maximum atomic E-state index is 13.6. The molecule has 0 aromatic heterocycles. The predicted octanol–water partition coefficient (Wildman–Crippen LogP) is 2.95. The largest absolute Gasteiger partial charge is 0.491 e. The molecule has 1 heterocycles. The molecular formula is C16H26FN3O. The molecule has 2 rings (SSSR count). The van der Waals surface area contributed by atoms with Crippen LogP contribution in [-0.4, -0.2) is 37.7 Å². The molecule has 1 aromatic rings. The van der Waals surface area contributed by atoms with Crippen LogP contribution in [0.25, 0.3) is 0 Å². The second kappa shape index (κ2) is 7.50. The molecule has 0 aliphatic carbocycles. The summed E-state index contributed by atoms with van der Waals surface area (Å²) >= 11 is 0. The van der Waals surface area contributed by atoms with Gasteiger partial charge in [-0.3, -0.25) is 0 Å². The van der Waals surface area contributed by atoms with Crippen molar-refractivity contribution >= 4 is 11.4 Å². The Morgan fingerprint density at radius 1 is 1.38 bits per heavy atom. The van der Waals surface area contributed by atoms with E-state index in [1.165, 1.54) is 18.9 Å². The summed E-state index contributed by atoms with van der Waals surface area (Å²) < 4.78 is 18.9. The third-order valence-corrected chi connectivity index (χ3v) is 4.02. The number of nitrogens with zero attached hydrogens (tertiary/aromatic N) is 1. The number of hydrogen-bond acceptors (Lipinski definition) is 4. The van der Waals surface area contributed by atoms with Crippen LogP contribution in [0.4, 0.5) is 15.8 Å². The van der Waals surface area contributed by atoms with Crippen LogP contribution >= 0.6 is 0 Å². The van der Waals surface area contributed by atoms with Gasteiger partial charge in [0.2, 0.25) is 0 Å². The van der Waals surface area contributed by atoms with Crippen molar-refractivity contribution in [1.82, 2.24) is 4.90 Å². The average Bonchev–Trinajstić information content (AvgIpc) is 2.46. The Hall–Kier alpha value is -1.49. The van der Waals surface area contributed by atoms with Crippen molar-refractivity contribution in [1.29, 1.82) is 0 Å². The SMILES string of the molecule is CCOc1cc(NCCN2CCC(C)CC2)c(N)cc1F. The molecule has 4 nitrogen and oxygen atoms in total. The van der Waals surface area contributed by atoms with Crippen LogP contribution in [0.1, 0.15) is 26.7 Å². The number of nitrogens with two attached hydrogens (primary N) is 1. The number of hydrogen-bond donors (Lipinski definition) is 2. The molecule has 0 amide bonds. The van der Waals surface area contributed by atoms with Crippen molar-refractivity contribution in [3.63, 3.8) is 0 Å². The maximum absolute atomic E-state index is 13.6. The number of ether oxygens (including phenoxy) is 1. The molecule has 118 valence electrons. The van der Waals surface area contributed by atoms with Crippen molar-refractivity contribution in [2.24, 2.45) is 5.92 Å². The summed E-state index contributed by atoms with van der Waals surface area (Å²) in [6.07, 6.45) is 2.54. The third-order valence-electron chi connectivity index (χ3n) is 4.02. The van der Waals surface area contributed by atoms with Gasteiger partial charge in [-0.1, -0.05) is 6.92 Å². The Kier molecular flexibility index (Phi) is 5.67. The minimum absolute atomic E-state index is 0.251. The molecule has 0 atom stereocenters. The lowest BCUT2D eigenvalue weighted by atomic mass is 9.99. The van der Waals surface area contributed by atoms with E-state index in [2.05, 4.69) is 17.1 Å². The van der Waals surface area contributed by atoms with Gasteiger partial charge in [-0.15, -0.1) is 0 Å². The first-order valence-corrected chi connectivity index (χ1v) is 7.78. The summed E-state index contributed by atoms with van der Waals surface area (Å²) in [4.78, 5) is 2.45. The van der Waals surface area contributed by atoms with Crippen molar-refractivity contribution in [2.45, 2.75) is 26.7 Å². The van der Waals surface area contributed by atoms with Gasteiger partial charge in [0.25, 0.3) is 0 Å². The van der Waals surface area contributed by atoms with Crippen LogP contribution in [-0.2, 0) is 0 Å². The summed E-state index contributed by atoms with van der Waals surface area (Å²) in [5, 5.41) is 3.28. The molecule has 1 aliphatic rings. The predicted molar refractivity (Wildman–Crippen MR) is 85.3 cm³/mol. The lowest BCUT2D eigenvalue weighted by molar-refractivity contribution is 0.199. The molecule has 0 bridgehead atoms. The highest BCUT2D eigenvalue weighted by atomic mass is 19.1. The number of piperidine rings is 1.